The number of hydrogen-bond donors (Lipinski definition) is 0. The average molecular weight is 457 g/mol. The SMILES string of the molecule is C/C=C/COC(=O)C(CC(=O)OCCCCCCCCCCCCC)S(=O)(=O)[O-].[Na+]. The summed E-state index contributed by atoms with van der Waals surface area (Å²) in [7, 11) is -5.00. The van der Waals surface area contributed by atoms with Crippen LogP contribution in [0.2, 0.25) is 0 Å². The number of hydrogen-bond acceptors (Lipinski definition) is 7. The van der Waals surface area contributed by atoms with Gasteiger partial charge in [-0.2, -0.15) is 0 Å². The summed E-state index contributed by atoms with van der Waals surface area (Å²) in [5.74, 6) is -2.12. The van der Waals surface area contributed by atoms with Gasteiger partial charge in [0.25, 0.3) is 0 Å². The van der Waals surface area contributed by atoms with Gasteiger partial charge in [0.15, 0.2) is 5.25 Å². The number of carbonyl (C=O) groups excluding carboxylic acids is 2. The monoisotopic (exact) mass is 456 g/mol. The van der Waals surface area contributed by atoms with Gasteiger partial charge in [0.1, 0.15) is 16.7 Å². The van der Waals surface area contributed by atoms with Gasteiger partial charge in [-0.25, -0.2) is 8.42 Å². The summed E-state index contributed by atoms with van der Waals surface area (Å²) in [6.07, 6.45) is 15.0. The molecule has 0 bridgehead atoms. The Labute approximate surface area is 204 Å². The maximum atomic E-state index is 11.8. The molecule has 0 aliphatic carbocycles. The average Bonchev–Trinajstić information content (AvgIpc) is 2.66. The molecule has 0 radical (unpaired) electrons. The minimum atomic E-state index is -5.00. The summed E-state index contributed by atoms with van der Waals surface area (Å²) in [6.45, 7) is 3.90. The van der Waals surface area contributed by atoms with Crippen molar-refractivity contribution in [2.45, 2.75) is 96.1 Å². The number of unbranched alkanes of at least 4 members (excludes halogenated alkanes) is 10. The first-order valence-corrected chi connectivity index (χ1v) is 12.2. The molecule has 0 aromatic carbocycles. The zero-order valence-electron chi connectivity index (χ0n) is 18.9. The summed E-state index contributed by atoms with van der Waals surface area (Å²) < 4.78 is 43.3. The van der Waals surface area contributed by atoms with Crippen LogP contribution >= 0.6 is 0 Å². The van der Waals surface area contributed by atoms with E-state index in [2.05, 4.69) is 11.7 Å². The van der Waals surface area contributed by atoms with E-state index in [-0.39, 0.29) is 42.8 Å². The molecule has 0 amide bonds. The molecule has 0 saturated heterocycles. The Balaban J connectivity index is 0. The van der Waals surface area contributed by atoms with Gasteiger partial charge in [-0.3, -0.25) is 9.59 Å². The summed E-state index contributed by atoms with van der Waals surface area (Å²) in [4.78, 5) is 23.5. The molecule has 0 aliphatic heterocycles. The van der Waals surface area contributed by atoms with E-state index < -0.39 is 33.7 Å². The first-order chi connectivity index (χ1) is 13.8. The molecule has 30 heavy (non-hydrogen) atoms. The van der Waals surface area contributed by atoms with Crippen LogP contribution in [0.15, 0.2) is 12.2 Å². The maximum Gasteiger partial charge on any atom is 1.00 e. The smallest absolute Gasteiger partial charge is 0.747 e. The zero-order valence-corrected chi connectivity index (χ0v) is 21.7. The summed E-state index contributed by atoms with van der Waals surface area (Å²) in [5, 5.41) is -2.07. The number of allylic oxidation sites excluding steroid dienone is 1. The van der Waals surface area contributed by atoms with Crippen LogP contribution in [-0.4, -0.2) is 43.4 Å². The topological polar surface area (TPSA) is 110 Å². The molecule has 0 aromatic heterocycles. The molecular formula is C21H37NaO7S. The Hall–Kier alpha value is -0.410. The second kappa shape index (κ2) is 20.5. The number of ether oxygens (including phenoxy) is 2. The molecule has 170 valence electrons. The Bertz CT molecular complexity index is 576. The van der Waals surface area contributed by atoms with E-state index in [4.69, 9.17) is 4.74 Å². The molecule has 9 heteroatoms. The van der Waals surface area contributed by atoms with E-state index in [1.54, 1.807) is 13.0 Å². The third-order valence-electron chi connectivity index (χ3n) is 4.53. The van der Waals surface area contributed by atoms with Gasteiger partial charge in [-0.1, -0.05) is 83.3 Å². The number of esters is 2. The second-order valence-electron chi connectivity index (χ2n) is 7.14. The van der Waals surface area contributed by atoms with Crippen LogP contribution in [0.4, 0.5) is 0 Å². The fourth-order valence-corrected chi connectivity index (χ4v) is 3.43. The van der Waals surface area contributed by atoms with Crippen molar-refractivity contribution in [3.63, 3.8) is 0 Å². The quantitative estimate of drug-likeness (QED) is 0.100. The van der Waals surface area contributed by atoms with Crippen LogP contribution < -0.4 is 29.6 Å². The summed E-state index contributed by atoms with van der Waals surface area (Å²) in [6, 6.07) is 0. The zero-order chi connectivity index (χ0) is 22.0. The fraction of sp³-hybridized carbons (Fsp3) is 0.810. The second-order valence-corrected chi connectivity index (χ2v) is 8.70. The van der Waals surface area contributed by atoms with E-state index in [1.165, 1.54) is 51.0 Å². The molecule has 0 heterocycles. The molecule has 0 spiro atoms. The number of rotatable bonds is 18. The van der Waals surface area contributed by atoms with Crippen LogP contribution in [0.5, 0.6) is 0 Å². The van der Waals surface area contributed by atoms with Crippen molar-refractivity contribution in [3.05, 3.63) is 12.2 Å². The van der Waals surface area contributed by atoms with Gasteiger partial charge in [-0.05, 0) is 13.3 Å². The molecule has 0 aromatic rings. The van der Waals surface area contributed by atoms with Crippen molar-refractivity contribution in [1.29, 1.82) is 0 Å². The van der Waals surface area contributed by atoms with Crippen LogP contribution in [0, 0.1) is 0 Å². The third-order valence-corrected chi connectivity index (χ3v) is 5.59. The molecule has 1 unspecified atom stereocenters. The standard InChI is InChI=1S/C21H38O7S.Na/c1-3-5-7-8-9-10-11-12-13-14-15-17-27-20(22)18-19(29(24,25)26)21(23)28-16-6-4-2;/h4,6,19H,3,5,7-18H2,1-2H3,(H,24,25,26);/q;+1/p-1/b6-4+;. The maximum absolute atomic E-state index is 11.8. The predicted molar refractivity (Wildman–Crippen MR) is 111 cm³/mol. The fourth-order valence-electron chi connectivity index (χ4n) is 2.79. The van der Waals surface area contributed by atoms with Crippen LogP contribution in [-0.2, 0) is 29.2 Å². The van der Waals surface area contributed by atoms with Crippen molar-refractivity contribution in [2.75, 3.05) is 13.2 Å². The minimum Gasteiger partial charge on any atom is -0.747 e. The van der Waals surface area contributed by atoms with Gasteiger partial charge in [0, 0.05) is 0 Å². The Morgan fingerprint density at radius 3 is 1.87 bits per heavy atom. The van der Waals surface area contributed by atoms with E-state index in [0.29, 0.717) is 6.42 Å². The Kier molecular flexibility index (Phi) is 21.7. The normalized spacial score (nSPS) is 12.4. The first kappa shape index (κ1) is 31.8. The molecule has 7 nitrogen and oxygen atoms in total. The summed E-state index contributed by atoms with van der Waals surface area (Å²) in [5.41, 5.74) is 0. The van der Waals surface area contributed by atoms with Gasteiger partial charge in [0.05, 0.1) is 13.0 Å². The number of carbonyl (C=O) groups is 2. The molecule has 1 atom stereocenters. The first-order valence-electron chi connectivity index (χ1n) is 10.7. The van der Waals surface area contributed by atoms with E-state index in [9.17, 15) is 22.6 Å². The van der Waals surface area contributed by atoms with Crippen molar-refractivity contribution < 1.29 is 61.6 Å². The third kappa shape index (κ3) is 18.4. The molecule has 0 saturated carbocycles. The van der Waals surface area contributed by atoms with E-state index in [1.807, 2.05) is 0 Å². The van der Waals surface area contributed by atoms with Crippen molar-refractivity contribution in [3.8, 4) is 0 Å². The van der Waals surface area contributed by atoms with Crippen molar-refractivity contribution in [2.24, 2.45) is 0 Å². The predicted octanol–water partition coefficient (Wildman–Crippen LogP) is 1.27. The minimum absolute atomic E-state index is 0. The van der Waals surface area contributed by atoms with Crippen LogP contribution in [0.1, 0.15) is 90.9 Å². The molecule has 0 N–H and O–H groups in total. The van der Waals surface area contributed by atoms with Gasteiger partial charge in [-0.15, -0.1) is 0 Å². The van der Waals surface area contributed by atoms with Crippen LogP contribution in [0.3, 0.4) is 0 Å². The van der Waals surface area contributed by atoms with E-state index >= 15 is 0 Å². The molecular weight excluding hydrogens is 419 g/mol. The largest absolute Gasteiger partial charge is 1.00 e. The van der Waals surface area contributed by atoms with Crippen molar-refractivity contribution >= 4 is 22.1 Å². The molecule has 0 fully saturated rings. The van der Waals surface area contributed by atoms with Gasteiger partial charge >= 0.3 is 41.5 Å². The van der Waals surface area contributed by atoms with Crippen LogP contribution in [0.25, 0.3) is 0 Å². The van der Waals surface area contributed by atoms with Gasteiger partial charge in [0.2, 0.25) is 0 Å². The Morgan fingerprint density at radius 2 is 1.40 bits per heavy atom. The molecule has 0 rings (SSSR count). The van der Waals surface area contributed by atoms with Crippen molar-refractivity contribution in [1.82, 2.24) is 0 Å². The molecule has 0 aliphatic rings. The summed E-state index contributed by atoms with van der Waals surface area (Å²) >= 11 is 0. The van der Waals surface area contributed by atoms with E-state index in [0.717, 1.165) is 19.3 Å². The van der Waals surface area contributed by atoms with Gasteiger partial charge < -0.3 is 14.0 Å². The Morgan fingerprint density at radius 1 is 0.900 bits per heavy atom.